The maximum atomic E-state index is 12.0. The number of nitrogens with one attached hydrogen (secondary N) is 1. The molecule has 0 bridgehead atoms. The van der Waals surface area contributed by atoms with Crippen molar-refractivity contribution < 1.29 is 9.53 Å². The van der Waals surface area contributed by atoms with Crippen molar-refractivity contribution in [3.8, 4) is 5.75 Å². The number of hydrogen-bond donors (Lipinski definition) is 1. The van der Waals surface area contributed by atoms with Crippen molar-refractivity contribution in [3.63, 3.8) is 0 Å². The summed E-state index contributed by atoms with van der Waals surface area (Å²) < 4.78 is 5.52. The second-order valence-electron chi connectivity index (χ2n) is 5.75. The maximum Gasteiger partial charge on any atom is 0.258 e. The molecular formula is C19H23NO2. The van der Waals surface area contributed by atoms with Crippen molar-refractivity contribution in [2.75, 3.05) is 6.61 Å². The molecule has 2 rings (SSSR count). The van der Waals surface area contributed by atoms with Gasteiger partial charge in [-0.1, -0.05) is 35.9 Å². The Hall–Kier alpha value is -2.29. The highest BCUT2D eigenvalue weighted by Gasteiger charge is 2.12. The molecule has 0 aliphatic heterocycles. The Morgan fingerprint density at radius 3 is 2.50 bits per heavy atom. The average molecular weight is 297 g/mol. The van der Waals surface area contributed by atoms with Crippen LogP contribution in [0, 0.1) is 20.8 Å². The molecule has 0 aromatic heterocycles. The van der Waals surface area contributed by atoms with E-state index in [2.05, 4.69) is 37.4 Å². The van der Waals surface area contributed by atoms with Crippen molar-refractivity contribution in [3.05, 3.63) is 64.7 Å². The third kappa shape index (κ3) is 4.35. The summed E-state index contributed by atoms with van der Waals surface area (Å²) in [4.78, 5) is 12.0. The summed E-state index contributed by atoms with van der Waals surface area (Å²) in [6.07, 6.45) is 0. The summed E-state index contributed by atoms with van der Waals surface area (Å²) in [5.41, 5.74) is 4.66. The first kappa shape index (κ1) is 16.1. The molecule has 116 valence electrons. The van der Waals surface area contributed by atoms with E-state index in [1.54, 1.807) is 0 Å². The van der Waals surface area contributed by atoms with Crippen molar-refractivity contribution in [1.29, 1.82) is 0 Å². The zero-order valence-electron chi connectivity index (χ0n) is 13.6. The molecule has 3 nitrogen and oxygen atoms in total. The minimum Gasteiger partial charge on any atom is -0.484 e. The van der Waals surface area contributed by atoms with Gasteiger partial charge in [0.1, 0.15) is 5.75 Å². The number of hydrogen-bond acceptors (Lipinski definition) is 2. The zero-order chi connectivity index (χ0) is 16.1. The van der Waals surface area contributed by atoms with Crippen LogP contribution in [0.15, 0.2) is 42.5 Å². The number of benzene rings is 2. The Morgan fingerprint density at radius 1 is 1.09 bits per heavy atom. The second kappa shape index (κ2) is 7.12. The molecule has 0 fully saturated rings. The third-order valence-electron chi connectivity index (χ3n) is 3.63. The van der Waals surface area contributed by atoms with Crippen molar-refractivity contribution in [2.45, 2.75) is 33.7 Å². The Morgan fingerprint density at radius 2 is 1.82 bits per heavy atom. The van der Waals surface area contributed by atoms with Gasteiger partial charge in [0.15, 0.2) is 6.61 Å². The van der Waals surface area contributed by atoms with Crippen LogP contribution in [-0.2, 0) is 4.79 Å². The molecule has 0 saturated carbocycles. The van der Waals surface area contributed by atoms with E-state index in [4.69, 9.17) is 4.74 Å². The van der Waals surface area contributed by atoms with Crippen LogP contribution in [0.1, 0.15) is 35.2 Å². The lowest BCUT2D eigenvalue weighted by atomic mass is 10.0. The topological polar surface area (TPSA) is 38.3 Å². The summed E-state index contributed by atoms with van der Waals surface area (Å²) in [6.45, 7) is 8.14. The SMILES string of the molecule is Cc1cccc(OCC(=O)N[C@@H](C)c2ccc(C)cc2C)c1. The molecule has 2 aromatic rings. The largest absolute Gasteiger partial charge is 0.484 e. The van der Waals surface area contributed by atoms with Gasteiger partial charge in [-0.05, 0) is 56.5 Å². The predicted molar refractivity (Wildman–Crippen MR) is 89.1 cm³/mol. The lowest BCUT2D eigenvalue weighted by Gasteiger charge is -2.17. The van der Waals surface area contributed by atoms with E-state index in [-0.39, 0.29) is 18.6 Å². The first-order valence-corrected chi connectivity index (χ1v) is 7.51. The second-order valence-corrected chi connectivity index (χ2v) is 5.75. The van der Waals surface area contributed by atoms with Gasteiger partial charge >= 0.3 is 0 Å². The molecule has 0 aliphatic carbocycles. The van der Waals surface area contributed by atoms with Gasteiger partial charge in [0.2, 0.25) is 0 Å². The van der Waals surface area contributed by atoms with Crippen LogP contribution in [0.2, 0.25) is 0 Å². The molecule has 3 heteroatoms. The van der Waals surface area contributed by atoms with Gasteiger partial charge in [-0.3, -0.25) is 4.79 Å². The fraction of sp³-hybridized carbons (Fsp3) is 0.316. The van der Waals surface area contributed by atoms with Gasteiger partial charge in [-0.25, -0.2) is 0 Å². The number of ether oxygens (including phenoxy) is 1. The Balaban J connectivity index is 1.91. The molecule has 0 saturated heterocycles. The molecule has 0 radical (unpaired) electrons. The molecule has 0 spiro atoms. The Kier molecular flexibility index (Phi) is 5.21. The van der Waals surface area contributed by atoms with Crippen LogP contribution >= 0.6 is 0 Å². The standard InChI is InChI=1S/C19H23NO2/c1-13-6-5-7-17(11-13)22-12-19(21)20-16(4)18-9-8-14(2)10-15(18)3/h5-11,16H,12H2,1-4H3,(H,20,21)/t16-/m0/s1. The summed E-state index contributed by atoms with van der Waals surface area (Å²) in [5.74, 6) is 0.600. The van der Waals surface area contributed by atoms with E-state index in [0.29, 0.717) is 5.75 Å². The fourth-order valence-corrected chi connectivity index (χ4v) is 2.53. The van der Waals surface area contributed by atoms with Crippen molar-refractivity contribution >= 4 is 5.91 Å². The van der Waals surface area contributed by atoms with Crippen molar-refractivity contribution in [1.82, 2.24) is 5.32 Å². The normalized spacial score (nSPS) is 11.8. The third-order valence-corrected chi connectivity index (χ3v) is 3.63. The monoisotopic (exact) mass is 297 g/mol. The highest BCUT2D eigenvalue weighted by atomic mass is 16.5. The van der Waals surface area contributed by atoms with Gasteiger partial charge in [-0.2, -0.15) is 0 Å². The molecule has 1 amide bonds. The molecule has 22 heavy (non-hydrogen) atoms. The smallest absolute Gasteiger partial charge is 0.258 e. The van der Waals surface area contributed by atoms with Gasteiger partial charge < -0.3 is 10.1 Å². The highest BCUT2D eigenvalue weighted by Crippen LogP contribution is 2.18. The van der Waals surface area contributed by atoms with Gasteiger partial charge in [-0.15, -0.1) is 0 Å². The molecule has 0 aliphatic rings. The summed E-state index contributed by atoms with van der Waals surface area (Å²) in [7, 11) is 0. The fourth-order valence-electron chi connectivity index (χ4n) is 2.53. The molecule has 0 unspecified atom stereocenters. The quantitative estimate of drug-likeness (QED) is 0.910. The van der Waals surface area contributed by atoms with Crippen LogP contribution in [-0.4, -0.2) is 12.5 Å². The maximum absolute atomic E-state index is 12.0. The first-order valence-electron chi connectivity index (χ1n) is 7.51. The van der Waals surface area contributed by atoms with Crippen LogP contribution in [0.25, 0.3) is 0 Å². The average Bonchev–Trinajstić information content (AvgIpc) is 2.45. The molecular weight excluding hydrogens is 274 g/mol. The lowest BCUT2D eigenvalue weighted by Crippen LogP contribution is -2.31. The lowest BCUT2D eigenvalue weighted by molar-refractivity contribution is -0.123. The minimum absolute atomic E-state index is 0.0265. The minimum atomic E-state index is -0.117. The number of carbonyl (C=O) groups excluding carboxylic acids is 1. The van der Waals surface area contributed by atoms with Crippen LogP contribution < -0.4 is 10.1 Å². The van der Waals surface area contributed by atoms with Crippen LogP contribution in [0.5, 0.6) is 5.75 Å². The summed E-state index contributed by atoms with van der Waals surface area (Å²) >= 11 is 0. The Bertz CT molecular complexity index is 664. The van der Waals surface area contributed by atoms with E-state index < -0.39 is 0 Å². The van der Waals surface area contributed by atoms with E-state index >= 15 is 0 Å². The van der Waals surface area contributed by atoms with Crippen LogP contribution in [0.3, 0.4) is 0 Å². The Labute approximate surface area is 132 Å². The van der Waals surface area contributed by atoms with Gasteiger partial charge in [0.05, 0.1) is 6.04 Å². The van der Waals surface area contributed by atoms with Gasteiger partial charge in [0.25, 0.3) is 5.91 Å². The first-order chi connectivity index (χ1) is 10.5. The van der Waals surface area contributed by atoms with Gasteiger partial charge in [0, 0.05) is 0 Å². The number of rotatable bonds is 5. The number of amides is 1. The highest BCUT2D eigenvalue weighted by molar-refractivity contribution is 5.78. The molecule has 1 N–H and O–H groups in total. The van der Waals surface area contributed by atoms with Crippen LogP contribution in [0.4, 0.5) is 0 Å². The molecule has 1 atom stereocenters. The van der Waals surface area contributed by atoms with E-state index in [0.717, 1.165) is 11.1 Å². The van der Waals surface area contributed by atoms with E-state index in [1.807, 2.05) is 38.1 Å². The summed E-state index contributed by atoms with van der Waals surface area (Å²) in [5, 5.41) is 2.98. The molecule has 2 aromatic carbocycles. The van der Waals surface area contributed by atoms with E-state index in [9.17, 15) is 4.79 Å². The number of carbonyl (C=O) groups is 1. The van der Waals surface area contributed by atoms with E-state index in [1.165, 1.54) is 11.1 Å². The number of aryl methyl sites for hydroxylation is 3. The van der Waals surface area contributed by atoms with Crippen molar-refractivity contribution in [2.24, 2.45) is 0 Å². The zero-order valence-corrected chi connectivity index (χ0v) is 13.6. The molecule has 0 heterocycles. The predicted octanol–water partition coefficient (Wildman–Crippen LogP) is 3.87. The summed E-state index contributed by atoms with van der Waals surface area (Å²) in [6, 6.07) is 13.9.